The van der Waals surface area contributed by atoms with Gasteiger partial charge in [-0.15, -0.1) is 0 Å². The molecule has 0 aliphatic carbocycles. The fourth-order valence-corrected chi connectivity index (χ4v) is 2.44. The zero-order valence-electron chi connectivity index (χ0n) is 10.5. The first-order valence-electron chi connectivity index (χ1n) is 5.79. The molecule has 0 radical (unpaired) electrons. The lowest BCUT2D eigenvalue weighted by molar-refractivity contribution is -0.115. The Morgan fingerprint density at radius 2 is 1.90 bits per heavy atom. The molecule has 0 saturated carbocycles. The zero-order valence-corrected chi connectivity index (χ0v) is 12.7. The first-order valence-corrected chi connectivity index (χ1v) is 6.92. The second kappa shape index (κ2) is 6.52. The monoisotopic (exact) mass is 347 g/mol. The number of rotatable bonds is 3. The number of hydrogen-bond acceptors (Lipinski definition) is 2. The Kier molecular flexibility index (Phi) is 4.93. The Hall–Kier alpha value is -1.49. The number of halogens is 4. The lowest BCUT2D eigenvalue weighted by atomic mass is 10.1. The van der Waals surface area contributed by atoms with Crippen LogP contribution in [0, 0.1) is 5.82 Å². The molecule has 1 amide bonds. The summed E-state index contributed by atoms with van der Waals surface area (Å²) in [4.78, 5) is 11.9. The molecule has 0 aromatic heterocycles. The van der Waals surface area contributed by atoms with Gasteiger partial charge in [-0.25, -0.2) is 4.39 Å². The van der Waals surface area contributed by atoms with E-state index in [0.29, 0.717) is 0 Å². The Morgan fingerprint density at radius 3 is 2.57 bits per heavy atom. The van der Waals surface area contributed by atoms with Gasteiger partial charge in [0, 0.05) is 15.6 Å². The fraction of sp³-hybridized carbons (Fsp3) is 0.0714. The van der Waals surface area contributed by atoms with E-state index >= 15 is 0 Å². The average Bonchev–Trinajstić information content (AvgIpc) is 2.40. The SMILES string of the molecule is O=C(Cc1c(F)cccc1Cl)Nc1cc(Cl)cc(Cl)c1O. The maximum absolute atomic E-state index is 13.6. The van der Waals surface area contributed by atoms with E-state index in [1.165, 1.54) is 30.3 Å². The lowest BCUT2D eigenvalue weighted by Crippen LogP contribution is -2.15. The minimum Gasteiger partial charge on any atom is -0.504 e. The molecule has 2 aromatic rings. The van der Waals surface area contributed by atoms with E-state index in [0.717, 1.165) is 0 Å². The van der Waals surface area contributed by atoms with Crippen LogP contribution in [0.4, 0.5) is 10.1 Å². The quantitative estimate of drug-likeness (QED) is 0.792. The standard InChI is InChI=1S/C14H9Cl3FNO2/c15-7-4-10(17)14(21)12(5-7)19-13(20)6-8-9(16)2-1-3-11(8)18/h1-5,21H,6H2,(H,19,20). The molecule has 2 N–H and O–H groups in total. The van der Waals surface area contributed by atoms with Crippen LogP contribution in [0.1, 0.15) is 5.56 Å². The molecule has 0 aliphatic rings. The van der Waals surface area contributed by atoms with E-state index in [9.17, 15) is 14.3 Å². The number of phenolic OH excluding ortho intramolecular Hbond substituents is 1. The van der Waals surface area contributed by atoms with Gasteiger partial charge in [0.2, 0.25) is 5.91 Å². The maximum Gasteiger partial charge on any atom is 0.229 e. The molecule has 3 nitrogen and oxygen atoms in total. The van der Waals surface area contributed by atoms with Crippen LogP contribution in [0.5, 0.6) is 5.75 Å². The third-order valence-corrected chi connectivity index (χ3v) is 3.56. The second-order valence-electron chi connectivity index (χ2n) is 4.21. The topological polar surface area (TPSA) is 49.3 Å². The van der Waals surface area contributed by atoms with Crippen molar-refractivity contribution in [2.75, 3.05) is 5.32 Å². The van der Waals surface area contributed by atoms with E-state index in [-0.39, 0.29) is 38.5 Å². The van der Waals surface area contributed by atoms with Crippen LogP contribution in [-0.4, -0.2) is 11.0 Å². The predicted molar refractivity (Wildman–Crippen MR) is 81.9 cm³/mol. The molecule has 7 heteroatoms. The first kappa shape index (κ1) is 15.9. The van der Waals surface area contributed by atoms with Crippen LogP contribution >= 0.6 is 34.8 Å². The maximum atomic E-state index is 13.6. The largest absolute Gasteiger partial charge is 0.504 e. The molecule has 0 spiro atoms. The Bertz CT molecular complexity index is 687. The van der Waals surface area contributed by atoms with Gasteiger partial charge in [-0.05, 0) is 24.3 Å². The van der Waals surface area contributed by atoms with Crippen molar-refractivity contribution < 1.29 is 14.3 Å². The fourth-order valence-electron chi connectivity index (χ4n) is 1.72. The molecular formula is C14H9Cl3FNO2. The van der Waals surface area contributed by atoms with Crippen molar-refractivity contribution >= 4 is 46.4 Å². The summed E-state index contributed by atoms with van der Waals surface area (Å²) in [6, 6.07) is 6.82. The average molecular weight is 349 g/mol. The van der Waals surface area contributed by atoms with Crippen LogP contribution in [0.25, 0.3) is 0 Å². The number of amides is 1. The molecule has 2 aromatic carbocycles. The Labute approximate surface area is 135 Å². The third-order valence-electron chi connectivity index (χ3n) is 2.70. The van der Waals surface area contributed by atoms with Gasteiger partial charge in [-0.1, -0.05) is 40.9 Å². The van der Waals surface area contributed by atoms with Gasteiger partial charge in [0.05, 0.1) is 17.1 Å². The van der Waals surface area contributed by atoms with Crippen molar-refractivity contribution in [1.29, 1.82) is 0 Å². The predicted octanol–water partition coefficient (Wildman–Crippen LogP) is 4.67. The number of aromatic hydroxyl groups is 1. The van der Waals surface area contributed by atoms with Gasteiger partial charge in [-0.2, -0.15) is 0 Å². The second-order valence-corrected chi connectivity index (χ2v) is 5.46. The highest BCUT2D eigenvalue weighted by Crippen LogP contribution is 2.35. The van der Waals surface area contributed by atoms with Crippen LogP contribution < -0.4 is 5.32 Å². The van der Waals surface area contributed by atoms with Gasteiger partial charge in [0.1, 0.15) is 5.82 Å². The van der Waals surface area contributed by atoms with Crippen molar-refractivity contribution in [3.63, 3.8) is 0 Å². The van der Waals surface area contributed by atoms with E-state index in [4.69, 9.17) is 34.8 Å². The molecule has 0 atom stereocenters. The molecule has 0 saturated heterocycles. The molecule has 2 rings (SSSR count). The molecule has 21 heavy (non-hydrogen) atoms. The number of carbonyl (C=O) groups excluding carboxylic acids is 1. The number of anilines is 1. The van der Waals surface area contributed by atoms with Crippen LogP contribution in [-0.2, 0) is 11.2 Å². The lowest BCUT2D eigenvalue weighted by Gasteiger charge is -2.10. The number of phenols is 1. The van der Waals surface area contributed by atoms with Crippen LogP contribution in [0.15, 0.2) is 30.3 Å². The number of hydrogen-bond donors (Lipinski definition) is 2. The molecule has 0 bridgehead atoms. The smallest absolute Gasteiger partial charge is 0.229 e. The molecule has 0 aliphatic heterocycles. The normalized spacial score (nSPS) is 10.5. The summed E-state index contributed by atoms with van der Waals surface area (Å²) in [5, 5.41) is 12.6. The minimum absolute atomic E-state index is 0.00160. The van der Waals surface area contributed by atoms with Crippen molar-refractivity contribution in [3.05, 3.63) is 56.8 Å². The summed E-state index contributed by atoms with van der Waals surface area (Å²) in [7, 11) is 0. The molecule has 110 valence electrons. The van der Waals surface area contributed by atoms with Gasteiger partial charge < -0.3 is 10.4 Å². The number of benzene rings is 2. The Balaban J connectivity index is 2.20. The molecule has 0 heterocycles. The van der Waals surface area contributed by atoms with Gasteiger partial charge >= 0.3 is 0 Å². The van der Waals surface area contributed by atoms with Crippen molar-refractivity contribution in [2.45, 2.75) is 6.42 Å². The van der Waals surface area contributed by atoms with Crippen LogP contribution in [0.2, 0.25) is 15.1 Å². The highest BCUT2D eigenvalue weighted by molar-refractivity contribution is 6.36. The summed E-state index contributed by atoms with van der Waals surface area (Å²) in [6.45, 7) is 0. The third kappa shape index (κ3) is 3.79. The summed E-state index contributed by atoms with van der Waals surface area (Å²) in [6.07, 6.45) is -0.283. The first-order chi connectivity index (χ1) is 9.88. The van der Waals surface area contributed by atoms with E-state index in [2.05, 4.69) is 5.32 Å². The molecule has 0 fully saturated rings. The van der Waals surface area contributed by atoms with E-state index in [1.807, 2.05) is 0 Å². The van der Waals surface area contributed by atoms with E-state index < -0.39 is 11.7 Å². The van der Waals surface area contributed by atoms with Gasteiger partial charge in [0.15, 0.2) is 5.75 Å². The van der Waals surface area contributed by atoms with Crippen LogP contribution in [0.3, 0.4) is 0 Å². The summed E-state index contributed by atoms with van der Waals surface area (Å²) < 4.78 is 13.6. The summed E-state index contributed by atoms with van der Waals surface area (Å²) >= 11 is 17.4. The summed E-state index contributed by atoms with van der Waals surface area (Å²) in [5.41, 5.74) is 0.120. The van der Waals surface area contributed by atoms with Gasteiger partial charge in [-0.3, -0.25) is 4.79 Å². The molecule has 0 unspecified atom stereocenters. The minimum atomic E-state index is -0.578. The van der Waals surface area contributed by atoms with Crippen molar-refractivity contribution in [2.24, 2.45) is 0 Å². The number of carbonyl (C=O) groups is 1. The zero-order chi connectivity index (χ0) is 15.6. The highest BCUT2D eigenvalue weighted by atomic mass is 35.5. The highest BCUT2D eigenvalue weighted by Gasteiger charge is 2.15. The van der Waals surface area contributed by atoms with Crippen molar-refractivity contribution in [3.8, 4) is 5.75 Å². The van der Waals surface area contributed by atoms with Crippen molar-refractivity contribution in [1.82, 2.24) is 0 Å². The van der Waals surface area contributed by atoms with E-state index in [1.54, 1.807) is 0 Å². The summed E-state index contributed by atoms with van der Waals surface area (Å²) in [5.74, 6) is -1.45. The van der Waals surface area contributed by atoms with Gasteiger partial charge in [0.25, 0.3) is 0 Å². The number of nitrogens with one attached hydrogen (secondary N) is 1. The Morgan fingerprint density at radius 1 is 1.19 bits per heavy atom. The molecular weight excluding hydrogens is 340 g/mol.